The molecule has 0 aliphatic carbocycles. The maximum Gasteiger partial charge on any atom is 0.278 e. The highest BCUT2D eigenvalue weighted by atomic mass is 79.9. The number of hydrazone groups is 1. The largest absolute Gasteiger partial charge is 0.490 e. The van der Waals surface area contributed by atoms with Crippen molar-refractivity contribution in [2.24, 2.45) is 5.10 Å². The van der Waals surface area contributed by atoms with Gasteiger partial charge in [0, 0.05) is 32.8 Å². The summed E-state index contributed by atoms with van der Waals surface area (Å²) < 4.78 is 23.7. The minimum Gasteiger partial charge on any atom is -0.490 e. The normalized spacial score (nSPS) is 10.8. The van der Waals surface area contributed by atoms with E-state index in [9.17, 15) is 10.1 Å². The van der Waals surface area contributed by atoms with Gasteiger partial charge in [0.2, 0.25) is 5.88 Å². The van der Waals surface area contributed by atoms with Crippen molar-refractivity contribution >= 4 is 67.2 Å². The van der Waals surface area contributed by atoms with Crippen molar-refractivity contribution in [3.8, 4) is 23.4 Å². The number of carbonyl (C=O) groups is 1. The van der Waals surface area contributed by atoms with Crippen molar-refractivity contribution in [1.29, 1.82) is 5.26 Å². The third-order valence-electron chi connectivity index (χ3n) is 5.23. The molecular formula is C27H24Br2Cl2N4O5. The maximum absolute atomic E-state index is 12.4. The Kier molecular flexibility index (Phi) is 12.0. The lowest BCUT2D eigenvalue weighted by Crippen LogP contribution is -2.25. The standard InChI is InChI=1S/C27H24Br2Cl2N4O5/c1-4-38-23-8-16(7-21(28)26(23)39-12-17-5-6-18(30)9-22(17)31)11-33-35-24(36)14-40-27-19(10-32)20(13-37-3)25(29)15(2)34-27/h5-9,11H,4,12-14H2,1-3H3,(H,35,36)/b33-11-. The zero-order valence-corrected chi connectivity index (χ0v) is 26.4. The fourth-order valence-electron chi connectivity index (χ4n) is 3.41. The van der Waals surface area contributed by atoms with Gasteiger partial charge in [0.1, 0.15) is 18.2 Å². The van der Waals surface area contributed by atoms with Crippen molar-refractivity contribution in [2.45, 2.75) is 27.1 Å². The molecule has 3 rings (SSSR count). The monoisotopic (exact) mass is 712 g/mol. The lowest BCUT2D eigenvalue weighted by Gasteiger charge is -2.15. The average molecular weight is 715 g/mol. The summed E-state index contributed by atoms with van der Waals surface area (Å²) >= 11 is 19.2. The minimum absolute atomic E-state index is 0.0372. The van der Waals surface area contributed by atoms with Crippen LogP contribution >= 0.6 is 55.1 Å². The second-order valence-electron chi connectivity index (χ2n) is 8.08. The Hall–Kier alpha value is -2.88. The first kappa shape index (κ1) is 31.6. The number of aryl methyl sites for hydroxylation is 1. The van der Waals surface area contributed by atoms with Gasteiger partial charge in [0.05, 0.1) is 29.6 Å². The molecule has 3 aromatic rings. The number of aromatic nitrogens is 1. The molecule has 0 saturated heterocycles. The first-order valence-corrected chi connectivity index (χ1v) is 14.1. The molecule has 210 valence electrons. The number of ether oxygens (including phenoxy) is 4. The molecule has 9 nitrogen and oxygen atoms in total. The molecule has 1 heterocycles. The summed E-state index contributed by atoms with van der Waals surface area (Å²) in [4.78, 5) is 16.6. The Morgan fingerprint density at radius 2 is 1.95 bits per heavy atom. The van der Waals surface area contributed by atoms with E-state index in [2.05, 4.69) is 53.4 Å². The number of hydrogen-bond donors (Lipinski definition) is 1. The van der Waals surface area contributed by atoms with Crippen molar-refractivity contribution in [3.63, 3.8) is 0 Å². The third-order valence-corrected chi connectivity index (χ3v) is 7.46. The zero-order valence-electron chi connectivity index (χ0n) is 21.7. The minimum atomic E-state index is -0.542. The fourth-order valence-corrected chi connectivity index (χ4v) is 4.85. The lowest BCUT2D eigenvalue weighted by atomic mass is 10.1. The number of halogens is 4. The van der Waals surface area contributed by atoms with Crippen molar-refractivity contribution in [2.75, 3.05) is 20.3 Å². The summed E-state index contributed by atoms with van der Waals surface area (Å²) in [6, 6.07) is 10.7. The van der Waals surface area contributed by atoms with E-state index in [0.717, 1.165) is 5.56 Å². The van der Waals surface area contributed by atoms with Crippen LogP contribution in [0.1, 0.15) is 34.9 Å². The molecule has 0 aliphatic rings. The summed E-state index contributed by atoms with van der Waals surface area (Å²) in [5.74, 6) is 0.460. The number of nitrogens with zero attached hydrogens (tertiary/aromatic N) is 3. The van der Waals surface area contributed by atoms with Crippen molar-refractivity contribution in [3.05, 3.63) is 77.3 Å². The number of hydrogen-bond acceptors (Lipinski definition) is 8. The SMILES string of the molecule is CCOc1cc(/C=N\NC(=O)COc2nc(C)c(Br)c(COC)c2C#N)cc(Br)c1OCc1ccc(Cl)cc1Cl. The first-order chi connectivity index (χ1) is 19.2. The Balaban J connectivity index is 1.67. The van der Waals surface area contributed by atoms with Crippen LogP contribution in [0, 0.1) is 18.3 Å². The Morgan fingerprint density at radius 3 is 2.62 bits per heavy atom. The topological polar surface area (TPSA) is 115 Å². The van der Waals surface area contributed by atoms with E-state index in [1.54, 1.807) is 37.3 Å². The summed E-state index contributed by atoms with van der Waals surface area (Å²) in [7, 11) is 1.52. The van der Waals surface area contributed by atoms with Gasteiger partial charge >= 0.3 is 0 Å². The summed E-state index contributed by atoms with van der Waals surface area (Å²) in [5.41, 5.74) is 5.16. The van der Waals surface area contributed by atoms with Gasteiger partial charge in [-0.15, -0.1) is 0 Å². The quantitative estimate of drug-likeness (QED) is 0.163. The second kappa shape index (κ2) is 15.2. The number of rotatable bonds is 12. The zero-order chi connectivity index (χ0) is 29.2. The van der Waals surface area contributed by atoms with Crippen LogP contribution < -0.4 is 19.6 Å². The highest BCUT2D eigenvalue weighted by molar-refractivity contribution is 9.10. The van der Waals surface area contributed by atoms with Crippen molar-refractivity contribution < 1.29 is 23.7 Å². The highest BCUT2D eigenvalue weighted by Crippen LogP contribution is 2.37. The molecule has 13 heteroatoms. The number of nitrogens with one attached hydrogen (secondary N) is 1. The van der Waals surface area contributed by atoms with Crippen LogP contribution in [-0.4, -0.2) is 37.4 Å². The Bertz CT molecular complexity index is 1460. The van der Waals surface area contributed by atoms with Crippen molar-refractivity contribution in [1.82, 2.24) is 10.4 Å². The molecule has 1 amide bonds. The van der Waals surface area contributed by atoms with Crippen LogP contribution in [0.4, 0.5) is 0 Å². The maximum atomic E-state index is 12.4. The number of pyridine rings is 1. The molecule has 0 spiro atoms. The molecular weight excluding hydrogens is 691 g/mol. The molecule has 0 fully saturated rings. The van der Waals surface area contributed by atoms with E-state index in [4.69, 9.17) is 42.1 Å². The summed E-state index contributed by atoms with van der Waals surface area (Å²) in [5, 5.41) is 14.6. The molecule has 0 saturated carbocycles. The summed E-state index contributed by atoms with van der Waals surface area (Å²) in [6.07, 6.45) is 1.45. The molecule has 0 radical (unpaired) electrons. The molecule has 0 unspecified atom stereocenters. The van der Waals surface area contributed by atoms with Gasteiger partial charge in [-0.3, -0.25) is 4.79 Å². The molecule has 40 heavy (non-hydrogen) atoms. The van der Waals surface area contributed by atoms with Gasteiger partial charge in [-0.1, -0.05) is 29.3 Å². The van der Waals surface area contributed by atoms with E-state index in [1.165, 1.54) is 13.3 Å². The number of amides is 1. The number of benzene rings is 2. The van der Waals surface area contributed by atoms with E-state index >= 15 is 0 Å². The lowest BCUT2D eigenvalue weighted by molar-refractivity contribution is -0.123. The highest BCUT2D eigenvalue weighted by Gasteiger charge is 2.19. The first-order valence-electron chi connectivity index (χ1n) is 11.7. The third kappa shape index (κ3) is 8.32. The van der Waals surface area contributed by atoms with E-state index in [-0.39, 0.29) is 24.7 Å². The predicted octanol–water partition coefficient (Wildman–Crippen LogP) is 6.75. The van der Waals surface area contributed by atoms with Crippen LogP contribution in [-0.2, 0) is 22.7 Å². The van der Waals surface area contributed by atoms with Crippen LogP contribution in [0.5, 0.6) is 17.4 Å². The van der Waals surface area contributed by atoms with Crippen LogP contribution in [0.15, 0.2) is 44.4 Å². The molecule has 1 aromatic heterocycles. The van der Waals surface area contributed by atoms with Gasteiger partial charge in [0.15, 0.2) is 18.1 Å². The molecule has 2 aromatic carbocycles. The van der Waals surface area contributed by atoms with E-state index in [0.29, 0.717) is 53.9 Å². The van der Waals surface area contributed by atoms with Gasteiger partial charge < -0.3 is 18.9 Å². The van der Waals surface area contributed by atoms with Gasteiger partial charge in [-0.25, -0.2) is 10.4 Å². The predicted molar refractivity (Wildman–Crippen MR) is 159 cm³/mol. The van der Waals surface area contributed by atoms with Crippen LogP contribution in [0.25, 0.3) is 0 Å². The smallest absolute Gasteiger partial charge is 0.278 e. The number of methoxy groups -OCH3 is 1. The van der Waals surface area contributed by atoms with Crippen LogP contribution in [0.2, 0.25) is 10.0 Å². The molecule has 1 N–H and O–H groups in total. The summed E-state index contributed by atoms with van der Waals surface area (Å²) in [6.45, 7) is 3.98. The number of nitriles is 1. The van der Waals surface area contributed by atoms with Gasteiger partial charge in [-0.2, -0.15) is 10.4 Å². The average Bonchev–Trinajstić information content (AvgIpc) is 2.91. The molecule has 0 bridgehead atoms. The Labute approximate surface area is 258 Å². The van der Waals surface area contributed by atoms with Gasteiger partial charge in [0.25, 0.3) is 5.91 Å². The second-order valence-corrected chi connectivity index (χ2v) is 10.6. The van der Waals surface area contributed by atoms with Gasteiger partial charge in [-0.05, 0) is 75.5 Å². The van der Waals surface area contributed by atoms with E-state index in [1.807, 2.05) is 6.92 Å². The van der Waals surface area contributed by atoms with E-state index < -0.39 is 12.5 Å². The van der Waals surface area contributed by atoms with Crippen LogP contribution in [0.3, 0.4) is 0 Å². The fraction of sp³-hybridized carbons (Fsp3) is 0.259. The Morgan fingerprint density at radius 1 is 1.18 bits per heavy atom. The molecule has 0 aliphatic heterocycles. The molecule has 0 atom stereocenters. The number of carbonyl (C=O) groups excluding carboxylic acids is 1.